The molecule has 0 unspecified atom stereocenters. The van der Waals surface area contributed by atoms with Gasteiger partial charge >= 0.3 is 0 Å². The second-order valence-electron chi connectivity index (χ2n) is 5.34. The van der Waals surface area contributed by atoms with E-state index < -0.39 is 0 Å². The van der Waals surface area contributed by atoms with Crippen molar-refractivity contribution < 1.29 is 9.53 Å². The van der Waals surface area contributed by atoms with E-state index in [1.54, 1.807) is 11.8 Å². The number of carbonyl (C=O) groups excluding carboxylic acids is 1. The van der Waals surface area contributed by atoms with Crippen molar-refractivity contribution in [3.8, 4) is 0 Å². The third-order valence-corrected chi connectivity index (χ3v) is 3.94. The Bertz CT molecular complexity index is 645. The van der Waals surface area contributed by atoms with E-state index in [0.29, 0.717) is 6.61 Å². The van der Waals surface area contributed by atoms with E-state index in [1.807, 2.05) is 25.3 Å². The minimum absolute atomic E-state index is 0.0748. The Labute approximate surface area is 126 Å². The fraction of sp³-hybridized carbons (Fsp3) is 0.389. The molecule has 2 rings (SSSR count). The molecule has 0 bridgehead atoms. The van der Waals surface area contributed by atoms with E-state index in [0.717, 1.165) is 18.6 Å². The first-order chi connectivity index (χ1) is 10.1. The zero-order chi connectivity index (χ0) is 15.2. The average Bonchev–Trinajstić information content (AvgIpc) is 2.70. The van der Waals surface area contributed by atoms with E-state index >= 15 is 0 Å². The van der Waals surface area contributed by atoms with Crippen LogP contribution in [-0.2, 0) is 9.53 Å². The van der Waals surface area contributed by atoms with Crippen molar-refractivity contribution in [2.75, 3.05) is 13.7 Å². The van der Waals surface area contributed by atoms with Crippen LogP contribution in [-0.4, -0.2) is 30.5 Å². The molecule has 0 fully saturated rings. The fourth-order valence-corrected chi connectivity index (χ4v) is 2.38. The lowest BCUT2D eigenvalue weighted by Crippen LogP contribution is -2.38. The summed E-state index contributed by atoms with van der Waals surface area (Å²) in [4.78, 5) is 13.2. The number of fused-ring (bicyclic) bond motifs is 1. The summed E-state index contributed by atoms with van der Waals surface area (Å²) in [5.41, 5.74) is 0. The molecular formula is C18H23NO2. The maximum Gasteiger partial charge on any atom is 0.219 e. The van der Waals surface area contributed by atoms with Crippen molar-refractivity contribution in [3.63, 3.8) is 0 Å². The summed E-state index contributed by atoms with van der Waals surface area (Å²) in [6.45, 7) is 4.20. The zero-order valence-corrected chi connectivity index (χ0v) is 13.0. The number of nitrogens with zero attached hydrogens (tertiary/aromatic N) is 1. The van der Waals surface area contributed by atoms with Crippen LogP contribution in [0.1, 0.15) is 26.7 Å². The second kappa shape index (κ2) is 7.11. The minimum Gasteiger partial charge on any atom is -0.495 e. The predicted octanol–water partition coefficient (Wildman–Crippen LogP) is 1.81. The van der Waals surface area contributed by atoms with Gasteiger partial charge in [-0.05, 0) is 22.9 Å². The SMILES string of the molecule is CC[C@H](COC1=CC=c2ccccc2=CC1)N(C)C(C)=O. The number of rotatable bonds is 5. The molecule has 1 aliphatic rings. The molecule has 1 aliphatic carbocycles. The van der Waals surface area contributed by atoms with Gasteiger partial charge in [-0.3, -0.25) is 4.79 Å². The van der Waals surface area contributed by atoms with Crippen LogP contribution in [0.4, 0.5) is 0 Å². The Kier molecular flexibility index (Phi) is 5.20. The van der Waals surface area contributed by atoms with Crippen molar-refractivity contribution in [1.29, 1.82) is 0 Å². The van der Waals surface area contributed by atoms with Gasteiger partial charge in [-0.1, -0.05) is 43.3 Å². The van der Waals surface area contributed by atoms with Gasteiger partial charge < -0.3 is 9.64 Å². The van der Waals surface area contributed by atoms with Crippen molar-refractivity contribution >= 4 is 18.1 Å². The largest absolute Gasteiger partial charge is 0.495 e. The van der Waals surface area contributed by atoms with Gasteiger partial charge in [-0.25, -0.2) is 0 Å². The Hall–Kier alpha value is -2.03. The first-order valence-electron chi connectivity index (χ1n) is 7.44. The smallest absolute Gasteiger partial charge is 0.219 e. The summed E-state index contributed by atoms with van der Waals surface area (Å²) in [7, 11) is 1.83. The summed E-state index contributed by atoms with van der Waals surface area (Å²) < 4.78 is 5.92. The number of carbonyl (C=O) groups is 1. The van der Waals surface area contributed by atoms with Gasteiger partial charge in [0.1, 0.15) is 6.61 Å². The lowest BCUT2D eigenvalue weighted by molar-refractivity contribution is -0.130. The molecule has 1 aromatic rings. The van der Waals surface area contributed by atoms with E-state index in [2.05, 4.69) is 31.2 Å². The number of amides is 1. The van der Waals surface area contributed by atoms with Crippen molar-refractivity contribution in [3.05, 3.63) is 46.5 Å². The molecule has 21 heavy (non-hydrogen) atoms. The predicted molar refractivity (Wildman–Crippen MR) is 85.8 cm³/mol. The number of likely N-dealkylation sites (N-methyl/N-ethyl adjacent to an activating group) is 1. The quantitative estimate of drug-likeness (QED) is 0.826. The monoisotopic (exact) mass is 285 g/mol. The summed E-state index contributed by atoms with van der Waals surface area (Å²) in [5.74, 6) is 1.02. The molecule has 1 atom stereocenters. The lowest BCUT2D eigenvalue weighted by Gasteiger charge is -2.26. The van der Waals surface area contributed by atoms with Gasteiger partial charge in [0, 0.05) is 20.4 Å². The molecule has 0 aliphatic heterocycles. The highest BCUT2D eigenvalue weighted by Crippen LogP contribution is 2.11. The van der Waals surface area contributed by atoms with E-state index in [4.69, 9.17) is 4.74 Å². The highest BCUT2D eigenvalue weighted by Gasteiger charge is 2.16. The molecule has 3 heteroatoms. The molecule has 0 saturated carbocycles. The topological polar surface area (TPSA) is 29.5 Å². The van der Waals surface area contributed by atoms with Crippen molar-refractivity contribution in [2.24, 2.45) is 0 Å². The molecule has 1 aromatic carbocycles. The number of hydrogen-bond donors (Lipinski definition) is 0. The maximum atomic E-state index is 11.4. The number of ether oxygens (including phenoxy) is 1. The summed E-state index contributed by atoms with van der Waals surface area (Å²) in [6.07, 6.45) is 7.97. The van der Waals surface area contributed by atoms with E-state index in [-0.39, 0.29) is 11.9 Å². The third kappa shape index (κ3) is 3.97. The van der Waals surface area contributed by atoms with Gasteiger partial charge in [0.25, 0.3) is 0 Å². The first kappa shape index (κ1) is 15.4. The van der Waals surface area contributed by atoms with Gasteiger partial charge in [0.05, 0.1) is 11.8 Å². The first-order valence-corrected chi connectivity index (χ1v) is 7.44. The molecule has 0 aromatic heterocycles. The third-order valence-electron chi connectivity index (χ3n) is 3.94. The second-order valence-corrected chi connectivity index (χ2v) is 5.34. The highest BCUT2D eigenvalue weighted by molar-refractivity contribution is 5.73. The van der Waals surface area contributed by atoms with Crippen LogP contribution in [0.25, 0.3) is 12.2 Å². The van der Waals surface area contributed by atoms with Crippen molar-refractivity contribution in [2.45, 2.75) is 32.7 Å². The number of hydrogen-bond acceptors (Lipinski definition) is 2. The van der Waals surface area contributed by atoms with Crippen LogP contribution in [0, 0.1) is 0 Å². The van der Waals surface area contributed by atoms with Crippen LogP contribution in [0.3, 0.4) is 0 Å². The highest BCUT2D eigenvalue weighted by atomic mass is 16.5. The van der Waals surface area contributed by atoms with Gasteiger partial charge in [-0.2, -0.15) is 0 Å². The standard InChI is InChI=1S/C18H23NO2/c1-4-17(19(3)14(2)20)13-21-18-11-9-15-7-5-6-8-16(15)10-12-18/h5-11,17H,4,12-13H2,1-3H3/t17-/m1/s1. The van der Waals surface area contributed by atoms with Crippen LogP contribution >= 0.6 is 0 Å². The summed E-state index contributed by atoms with van der Waals surface area (Å²) in [6, 6.07) is 8.42. The van der Waals surface area contributed by atoms with E-state index in [1.165, 1.54) is 10.4 Å². The van der Waals surface area contributed by atoms with Crippen LogP contribution in [0.2, 0.25) is 0 Å². The van der Waals surface area contributed by atoms with Crippen LogP contribution < -0.4 is 10.4 Å². The number of allylic oxidation sites excluding steroid dienone is 2. The Morgan fingerprint density at radius 1 is 1.29 bits per heavy atom. The summed E-state index contributed by atoms with van der Waals surface area (Å²) >= 11 is 0. The van der Waals surface area contributed by atoms with Gasteiger partial charge in [-0.15, -0.1) is 0 Å². The minimum atomic E-state index is 0.0748. The van der Waals surface area contributed by atoms with Crippen LogP contribution in [0.15, 0.2) is 36.1 Å². The maximum absolute atomic E-state index is 11.4. The fourth-order valence-electron chi connectivity index (χ4n) is 2.38. The molecule has 0 spiro atoms. The average molecular weight is 285 g/mol. The molecule has 0 N–H and O–H groups in total. The van der Waals surface area contributed by atoms with Gasteiger partial charge in [0.15, 0.2) is 0 Å². The zero-order valence-electron chi connectivity index (χ0n) is 13.0. The van der Waals surface area contributed by atoms with Crippen LogP contribution in [0.5, 0.6) is 0 Å². The number of benzene rings is 1. The molecular weight excluding hydrogens is 262 g/mol. The molecule has 1 amide bonds. The molecule has 0 heterocycles. The normalized spacial score (nSPS) is 14.7. The Balaban J connectivity index is 2.03. The van der Waals surface area contributed by atoms with Gasteiger partial charge in [0.2, 0.25) is 5.91 Å². The lowest BCUT2D eigenvalue weighted by atomic mass is 10.2. The summed E-state index contributed by atoms with van der Waals surface area (Å²) in [5, 5.41) is 2.45. The molecule has 0 radical (unpaired) electrons. The molecule has 112 valence electrons. The molecule has 0 saturated heterocycles. The Morgan fingerprint density at radius 3 is 2.67 bits per heavy atom. The van der Waals surface area contributed by atoms with E-state index in [9.17, 15) is 4.79 Å². The van der Waals surface area contributed by atoms with Crippen molar-refractivity contribution in [1.82, 2.24) is 4.90 Å². The Morgan fingerprint density at radius 2 is 2.00 bits per heavy atom. The molecule has 3 nitrogen and oxygen atoms in total.